The lowest BCUT2D eigenvalue weighted by molar-refractivity contribution is 0.521. The molecule has 22 heavy (non-hydrogen) atoms. The van der Waals surface area contributed by atoms with Crippen LogP contribution in [0, 0.1) is 6.92 Å². The van der Waals surface area contributed by atoms with E-state index in [9.17, 15) is 8.42 Å². The maximum absolute atomic E-state index is 12.3. The quantitative estimate of drug-likeness (QED) is 0.800. The molecule has 3 aromatic rings. The van der Waals surface area contributed by atoms with E-state index >= 15 is 0 Å². The SMILES string of the molecule is Cc1nc(-c2ccc(S(=O)(=O)Nc3cccnc3)cc2)co1. The molecule has 0 amide bonds. The lowest BCUT2D eigenvalue weighted by Gasteiger charge is -2.07. The minimum atomic E-state index is -3.64. The average Bonchev–Trinajstić information content (AvgIpc) is 2.95. The molecule has 0 spiro atoms. The highest BCUT2D eigenvalue weighted by Gasteiger charge is 2.14. The van der Waals surface area contributed by atoms with Crippen molar-refractivity contribution in [2.24, 2.45) is 0 Å². The maximum atomic E-state index is 12.3. The summed E-state index contributed by atoms with van der Waals surface area (Å²) < 4.78 is 32.2. The van der Waals surface area contributed by atoms with E-state index in [1.165, 1.54) is 24.6 Å². The van der Waals surface area contributed by atoms with Crippen LogP contribution in [0.4, 0.5) is 5.69 Å². The van der Waals surface area contributed by atoms with Crippen LogP contribution in [0.3, 0.4) is 0 Å². The Hall–Kier alpha value is -2.67. The second-order valence-electron chi connectivity index (χ2n) is 4.62. The first-order chi connectivity index (χ1) is 10.5. The van der Waals surface area contributed by atoms with E-state index in [0.29, 0.717) is 17.3 Å². The second-order valence-corrected chi connectivity index (χ2v) is 6.31. The molecule has 0 unspecified atom stereocenters. The fourth-order valence-corrected chi connectivity index (χ4v) is 2.98. The molecule has 0 bridgehead atoms. The first-order valence-electron chi connectivity index (χ1n) is 6.50. The second kappa shape index (κ2) is 5.61. The number of anilines is 1. The van der Waals surface area contributed by atoms with E-state index < -0.39 is 10.0 Å². The summed E-state index contributed by atoms with van der Waals surface area (Å²) in [5.41, 5.74) is 1.87. The van der Waals surface area contributed by atoms with Gasteiger partial charge in [-0.3, -0.25) is 9.71 Å². The van der Waals surface area contributed by atoms with Crippen LogP contribution in [-0.2, 0) is 10.0 Å². The number of oxazole rings is 1. The van der Waals surface area contributed by atoms with Gasteiger partial charge in [0.25, 0.3) is 10.0 Å². The van der Waals surface area contributed by atoms with Gasteiger partial charge in [-0.15, -0.1) is 0 Å². The van der Waals surface area contributed by atoms with E-state index in [4.69, 9.17) is 4.42 Å². The van der Waals surface area contributed by atoms with Crippen LogP contribution in [0.2, 0.25) is 0 Å². The van der Waals surface area contributed by atoms with E-state index in [0.717, 1.165) is 5.56 Å². The molecule has 0 saturated heterocycles. The minimum absolute atomic E-state index is 0.167. The van der Waals surface area contributed by atoms with Gasteiger partial charge in [-0.2, -0.15) is 0 Å². The fraction of sp³-hybridized carbons (Fsp3) is 0.0667. The molecule has 2 aromatic heterocycles. The Morgan fingerprint density at radius 1 is 1.14 bits per heavy atom. The highest BCUT2D eigenvalue weighted by Crippen LogP contribution is 2.22. The van der Waals surface area contributed by atoms with Gasteiger partial charge in [0.2, 0.25) is 0 Å². The molecule has 0 fully saturated rings. The third-order valence-electron chi connectivity index (χ3n) is 2.99. The van der Waals surface area contributed by atoms with Gasteiger partial charge in [-0.25, -0.2) is 13.4 Å². The van der Waals surface area contributed by atoms with Crippen molar-refractivity contribution in [2.45, 2.75) is 11.8 Å². The molecular formula is C15H13N3O3S. The van der Waals surface area contributed by atoms with Crippen molar-refractivity contribution in [3.05, 3.63) is 60.9 Å². The molecule has 1 N–H and O–H groups in total. The Morgan fingerprint density at radius 2 is 1.91 bits per heavy atom. The Bertz CT molecular complexity index is 872. The first-order valence-corrected chi connectivity index (χ1v) is 7.98. The van der Waals surface area contributed by atoms with E-state index in [1.54, 1.807) is 37.4 Å². The number of sulfonamides is 1. The lowest BCUT2D eigenvalue weighted by Crippen LogP contribution is -2.12. The number of nitrogens with zero attached hydrogens (tertiary/aromatic N) is 2. The third-order valence-corrected chi connectivity index (χ3v) is 4.39. The van der Waals surface area contributed by atoms with Gasteiger partial charge < -0.3 is 4.42 Å². The number of hydrogen-bond donors (Lipinski definition) is 1. The minimum Gasteiger partial charge on any atom is -0.449 e. The predicted octanol–water partition coefficient (Wildman–Crippen LogP) is 2.85. The van der Waals surface area contributed by atoms with Gasteiger partial charge in [0, 0.05) is 18.7 Å². The summed E-state index contributed by atoms with van der Waals surface area (Å²) in [5.74, 6) is 0.560. The van der Waals surface area contributed by atoms with Crippen LogP contribution in [0.25, 0.3) is 11.3 Å². The molecule has 0 atom stereocenters. The summed E-state index contributed by atoms with van der Waals surface area (Å²) >= 11 is 0. The topological polar surface area (TPSA) is 85.1 Å². The maximum Gasteiger partial charge on any atom is 0.261 e. The van der Waals surface area contributed by atoms with Gasteiger partial charge in [-0.05, 0) is 24.3 Å². The van der Waals surface area contributed by atoms with E-state index in [1.807, 2.05) is 0 Å². The highest BCUT2D eigenvalue weighted by molar-refractivity contribution is 7.92. The number of aryl methyl sites for hydroxylation is 1. The molecule has 0 saturated carbocycles. The lowest BCUT2D eigenvalue weighted by atomic mass is 10.2. The molecule has 0 aliphatic heterocycles. The van der Waals surface area contributed by atoms with Crippen LogP contribution in [-0.4, -0.2) is 18.4 Å². The van der Waals surface area contributed by atoms with Crippen molar-refractivity contribution in [3.63, 3.8) is 0 Å². The Balaban J connectivity index is 1.86. The van der Waals surface area contributed by atoms with Crippen molar-refractivity contribution < 1.29 is 12.8 Å². The number of benzene rings is 1. The summed E-state index contributed by atoms with van der Waals surface area (Å²) in [7, 11) is -3.64. The largest absolute Gasteiger partial charge is 0.449 e. The zero-order valence-electron chi connectivity index (χ0n) is 11.7. The van der Waals surface area contributed by atoms with Crippen molar-refractivity contribution >= 4 is 15.7 Å². The van der Waals surface area contributed by atoms with Crippen LogP contribution >= 0.6 is 0 Å². The first kappa shape index (κ1) is 14.3. The molecule has 3 rings (SSSR count). The van der Waals surface area contributed by atoms with Crippen LogP contribution in [0.1, 0.15) is 5.89 Å². The normalized spacial score (nSPS) is 11.3. The monoisotopic (exact) mass is 315 g/mol. The summed E-state index contributed by atoms with van der Waals surface area (Å²) in [6.45, 7) is 1.75. The van der Waals surface area contributed by atoms with Gasteiger partial charge in [0.05, 0.1) is 16.8 Å². The summed E-state index contributed by atoms with van der Waals surface area (Å²) in [4.78, 5) is 8.24. The van der Waals surface area contributed by atoms with Gasteiger partial charge in [0.1, 0.15) is 12.0 Å². The zero-order valence-corrected chi connectivity index (χ0v) is 12.5. The summed E-state index contributed by atoms with van der Waals surface area (Å²) in [5, 5.41) is 0. The van der Waals surface area contributed by atoms with Gasteiger partial charge in [0.15, 0.2) is 5.89 Å². The Morgan fingerprint density at radius 3 is 2.50 bits per heavy atom. The molecule has 6 nitrogen and oxygen atoms in total. The van der Waals surface area contributed by atoms with E-state index in [2.05, 4.69) is 14.7 Å². The number of nitrogens with one attached hydrogen (secondary N) is 1. The van der Waals surface area contributed by atoms with Gasteiger partial charge in [-0.1, -0.05) is 12.1 Å². The van der Waals surface area contributed by atoms with E-state index in [-0.39, 0.29) is 4.90 Å². The third kappa shape index (κ3) is 2.99. The number of rotatable bonds is 4. The molecule has 2 heterocycles. The highest BCUT2D eigenvalue weighted by atomic mass is 32.2. The van der Waals surface area contributed by atoms with Crippen LogP contribution < -0.4 is 4.72 Å². The molecule has 0 radical (unpaired) electrons. The van der Waals surface area contributed by atoms with Crippen LogP contribution in [0.5, 0.6) is 0 Å². The molecule has 7 heteroatoms. The zero-order chi connectivity index (χ0) is 15.6. The number of hydrogen-bond acceptors (Lipinski definition) is 5. The van der Waals surface area contributed by atoms with Gasteiger partial charge >= 0.3 is 0 Å². The smallest absolute Gasteiger partial charge is 0.261 e. The van der Waals surface area contributed by atoms with Crippen LogP contribution in [0.15, 0.2) is 64.4 Å². The molecular weight excluding hydrogens is 302 g/mol. The van der Waals surface area contributed by atoms with Crippen molar-refractivity contribution in [1.82, 2.24) is 9.97 Å². The number of aromatic nitrogens is 2. The Labute approximate surface area is 127 Å². The average molecular weight is 315 g/mol. The summed E-state index contributed by atoms with van der Waals surface area (Å²) in [6, 6.07) is 9.73. The standard InChI is InChI=1S/C15H13N3O3S/c1-11-17-15(10-21-11)12-4-6-14(7-5-12)22(19,20)18-13-3-2-8-16-9-13/h2-10,18H,1H3. The van der Waals surface area contributed by atoms with Crippen molar-refractivity contribution in [3.8, 4) is 11.3 Å². The summed E-state index contributed by atoms with van der Waals surface area (Å²) in [6.07, 6.45) is 4.56. The molecule has 112 valence electrons. The predicted molar refractivity (Wildman–Crippen MR) is 81.7 cm³/mol. The molecule has 0 aliphatic rings. The fourth-order valence-electron chi connectivity index (χ4n) is 1.94. The molecule has 0 aliphatic carbocycles. The van der Waals surface area contributed by atoms with Crippen molar-refractivity contribution in [1.29, 1.82) is 0 Å². The number of pyridine rings is 1. The Kier molecular flexibility index (Phi) is 3.64. The van der Waals surface area contributed by atoms with Crippen molar-refractivity contribution in [2.75, 3.05) is 4.72 Å². The molecule has 1 aromatic carbocycles.